The molecule has 2 aromatic heterocycles. The normalized spacial score (nSPS) is 17.9. The Labute approximate surface area is 160 Å². The van der Waals surface area contributed by atoms with Crippen molar-refractivity contribution in [3.63, 3.8) is 0 Å². The van der Waals surface area contributed by atoms with Crippen molar-refractivity contribution in [2.75, 3.05) is 12.1 Å². The highest BCUT2D eigenvalue weighted by molar-refractivity contribution is 7.68. The van der Waals surface area contributed by atoms with Crippen LogP contribution in [0, 0.1) is 0 Å². The minimum absolute atomic E-state index is 0.137. The number of aromatic nitrogens is 3. The van der Waals surface area contributed by atoms with Crippen LogP contribution < -0.4 is 5.73 Å². The number of nitrogens with zero attached hydrogens (tertiary/aromatic N) is 3. The van der Waals surface area contributed by atoms with Crippen molar-refractivity contribution in [3.8, 4) is 0 Å². The van der Waals surface area contributed by atoms with E-state index in [9.17, 15) is 27.4 Å². The first-order chi connectivity index (χ1) is 13.2. The number of rotatable bonds is 10. The summed E-state index contributed by atoms with van der Waals surface area (Å²) in [7, 11) is -16.5. The molecule has 19 heteroatoms. The van der Waals surface area contributed by atoms with Gasteiger partial charge in [-0.3, -0.25) is 4.57 Å². The Morgan fingerprint density at radius 3 is 2.41 bits per heavy atom. The zero-order valence-electron chi connectivity index (χ0n) is 14.1. The van der Waals surface area contributed by atoms with Crippen LogP contribution in [0.1, 0.15) is 5.56 Å². The van der Waals surface area contributed by atoms with Crippen molar-refractivity contribution in [1.29, 1.82) is 0 Å². The van der Waals surface area contributed by atoms with Gasteiger partial charge < -0.3 is 30.0 Å². The van der Waals surface area contributed by atoms with Crippen molar-refractivity contribution in [2.24, 2.45) is 0 Å². The highest BCUT2D eigenvalue weighted by atomic mass is 31.3. The van der Waals surface area contributed by atoms with Gasteiger partial charge in [-0.05, 0) is 6.07 Å². The summed E-state index contributed by atoms with van der Waals surface area (Å²) in [5.74, 6) is 0.174. The topological polar surface area (TPSA) is 216 Å². The molecule has 6 N–H and O–H groups in total. The molecule has 3 atom stereocenters. The second-order valence-electron chi connectivity index (χ2n) is 5.41. The second kappa shape index (κ2) is 8.82. The van der Waals surface area contributed by atoms with Gasteiger partial charge in [-0.25, -0.2) is 27.2 Å². The number of hydrogen-bond acceptors (Lipinski definition) is 9. The number of halogens is 2. The first-order valence-electron chi connectivity index (χ1n) is 7.29. The van der Waals surface area contributed by atoms with Gasteiger partial charge in [0.2, 0.25) is 0 Å². The number of nitrogens with two attached hydrogens (primary N) is 1. The summed E-state index contributed by atoms with van der Waals surface area (Å²) in [5, 5.41) is 3.86. The van der Waals surface area contributed by atoms with E-state index in [2.05, 4.69) is 23.4 Å². The molecule has 0 spiro atoms. The predicted octanol–water partition coefficient (Wildman–Crippen LogP) is 0.873. The highest BCUT2D eigenvalue weighted by Gasteiger charge is 2.40. The van der Waals surface area contributed by atoms with Gasteiger partial charge in [-0.2, -0.15) is 13.9 Å². The lowest BCUT2D eigenvalue weighted by Gasteiger charge is -2.20. The Hall–Kier alpha value is -1.31. The van der Waals surface area contributed by atoms with Crippen LogP contribution in [0.2, 0.25) is 0 Å². The molecule has 14 nitrogen and oxygen atoms in total. The van der Waals surface area contributed by atoms with Crippen LogP contribution in [0.5, 0.6) is 0 Å². The summed E-state index contributed by atoms with van der Waals surface area (Å²) in [6.07, 6.45) is -4.71. The zero-order valence-corrected chi connectivity index (χ0v) is 16.7. The lowest BCUT2D eigenvalue weighted by atomic mass is 10.1. The number of alkyl halides is 2. The molecule has 2 heterocycles. The van der Waals surface area contributed by atoms with Gasteiger partial charge in [0, 0.05) is 18.2 Å². The lowest BCUT2D eigenvalue weighted by molar-refractivity contribution is -0.0425. The summed E-state index contributed by atoms with van der Waals surface area (Å²) >= 11 is 0. The van der Waals surface area contributed by atoms with Crippen LogP contribution in [-0.4, -0.2) is 53.0 Å². The smallest absolute Gasteiger partial charge is 0.384 e. The molecular formula is C10H15F2N4O10P3. The molecule has 29 heavy (non-hydrogen) atoms. The third-order valence-corrected chi connectivity index (χ3v) is 7.10. The van der Waals surface area contributed by atoms with Crippen LogP contribution in [-0.2, 0) is 33.5 Å². The SMILES string of the molecule is Nc1ccnc2c(CC(OCP(=O)(O)OP(=O)(O)OP(=O)(O)O)C(F)F)cnn12. The van der Waals surface area contributed by atoms with Crippen LogP contribution in [0.25, 0.3) is 5.65 Å². The Morgan fingerprint density at radius 1 is 1.17 bits per heavy atom. The Morgan fingerprint density at radius 2 is 1.83 bits per heavy atom. The van der Waals surface area contributed by atoms with E-state index in [1.807, 2.05) is 0 Å². The number of anilines is 1. The van der Waals surface area contributed by atoms with Gasteiger partial charge in [-0.15, -0.1) is 0 Å². The third kappa shape index (κ3) is 7.15. The molecule has 0 bridgehead atoms. The van der Waals surface area contributed by atoms with Crippen molar-refractivity contribution < 1.29 is 55.4 Å². The van der Waals surface area contributed by atoms with Crippen molar-refractivity contribution in [2.45, 2.75) is 19.0 Å². The van der Waals surface area contributed by atoms with E-state index < -0.39 is 48.5 Å². The molecule has 0 saturated carbocycles. The van der Waals surface area contributed by atoms with Crippen molar-refractivity contribution in [1.82, 2.24) is 14.6 Å². The average Bonchev–Trinajstić information content (AvgIpc) is 2.92. The molecule has 2 rings (SSSR count). The highest BCUT2D eigenvalue weighted by Crippen LogP contribution is 2.65. The zero-order chi connectivity index (χ0) is 22.0. The van der Waals surface area contributed by atoms with E-state index in [1.165, 1.54) is 23.0 Å². The standard InChI is InChI=1S/C10H15F2N4O10P3/c11-9(12)7(3-6-4-15-16-8(13)1-2-14-10(6)16)24-5-27(17,18)25-29(22,23)26-28(19,20)21/h1-2,4,7,9H,3,5,13H2,(H,17,18)(H,22,23)(H2,19,20,21). The number of fused-ring (bicyclic) bond motifs is 1. The van der Waals surface area contributed by atoms with E-state index in [0.717, 1.165) is 0 Å². The first-order valence-corrected chi connectivity index (χ1v) is 12.1. The van der Waals surface area contributed by atoms with Crippen molar-refractivity contribution in [3.05, 3.63) is 24.0 Å². The van der Waals surface area contributed by atoms with E-state index >= 15 is 0 Å². The Kier molecular flexibility index (Phi) is 7.29. The largest absolute Gasteiger partial charge is 0.488 e. The molecule has 0 aliphatic carbocycles. The van der Waals surface area contributed by atoms with E-state index in [4.69, 9.17) is 20.4 Å². The third-order valence-electron chi connectivity index (χ3n) is 3.10. The number of nitrogen functional groups attached to an aromatic ring is 1. The monoisotopic (exact) mass is 482 g/mol. The minimum atomic E-state index is -5.69. The molecule has 0 fully saturated rings. The molecular weight excluding hydrogens is 467 g/mol. The maximum absolute atomic E-state index is 13.3. The molecule has 0 aliphatic rings. The van der Waals surface area contributed by atoms with E-state index in [0.29, 0.717) is 0 Å². The molecule has 0 aliphatic heterocycles. The van der Waals surface area contributed by atoms with Crippen molar-refractivity contribution >= 4 is 34.7 Å². The van der Waals surface area contributed by atoms with Gasteiger partial charge in [-0.1, -0.05) is 0 Å². The minimum Gasteiger partial charge on any atom is -0.384 e. The fourth-order valence-electron chi connectivity index (χ4n) is 2.06. The summed E-state index contributed by atoms with van der Waals surface area (Å²) in [6.45, 7) is 0. The van der Waals surface area contributed by atoms with Gasteiger partial charge in [0.05, 0.1) is 6.20 Å². The molecule has 3 unspecified atom stereocenters. The number of ether oxygens (including phenoxy) is 1. The van der Waals surface area contributed by atoms with Crippen LogP contribution in [0.4, 0.5) is 14.6 Å². The maximum atomic E-state index is 13.3. The number of hydrogen-bond donors (Lipinski definition) is 5. The predicted molar refractivity (Wildman–Crippen MR) is 90.7 cm³/mol. The summed E-state index contributed by atoms with van der Waals surface area (Å²) < 4.78 is 73.0. The molecule has 2 aromatic rings. The summed E-state index contributed by atoms with van der Waals surface area (Å²) in [6, 6.07) is 1.41. The maximum Gasteiger partial charge on any atom is 0.488 e. The first kappa shape index (κ1) is 24.0. The second-order valence-corrected chi connectivity index (χ2v) is 10.2. The molecule has 164 valence electrons. The fraction of sp³-hybridized carbons (Fsp3) is 0.400. The molecule has 0 radical (unpaired) electrons. The van der Waals surface area contributed by atoms with Crippen LogP contribution >= 0.6 is 23.2 Å². The van der Waals surface area contributed by atoms with E-state index in [1.54, 1.807) is 0 Å². The summed E-state index contributed by atoms with van der Waals surface area (Å²) in [5.41, 5.74) is 5.95. The quantitative estimate of drug-likeness (QED) is 0.298. The average molecular weight is 482 g/mol. The Bertz CT molecular complexity index is 1010. The molecule has 0 amide bonds. The molecule has 0 saturated heterocycles. The Balaban J connectivity index is 2.08. The van der Waals surface area contributed by atoms with Gasteiger partial charge in [0.1, 0.15) is 18.3 Å². The van der Waals surface area contributed by atoms with Gasteiger partial charge in [0.25, 0.3) is 6.43 Å². The molecule has 0 aromatic carbocycles. The lowest BCUT2D eigenvalue weighted by Crippen LogP contribution is -2.25. The van der Waals surface area contributed by atoms with Gasteiger partial charge >= 0.3 is 23.2 Å². The van der Waals surface area contributed by atoms with E-state index in [-0.39, 0.29) is 17.0 Å². The van der Waals surface area contributed by atoms with Crippen LogP contribution in [0.3, 0.4) is 0 Å². The number of phosphoric acid groups is 2. The van der Waals surface area contributed by atoms with Crippen LogP contribution in [0.15, 0.2) is 18.5 Å². The summed E-state index contributed by atoms with van der Waals surface area (Å²) in [4.78, 5) is 39.4. The van der Waals surface area contributed by atoms with Gasteiger partial charge in [0.15, 0.2) is 5.65 Å². The fourth-order valence-corrected chi connectivity index (χ4v) is 5.38.